The highest BCUT2D eigenvalue weighted by atomic mass is 35.5. The lowest BCUT2D eigenvalue weighted by atomic mass is 10.2. The first-order valence-electron chi connectivity index (χ1n) is 4.88. The molecule has 2 N–H and O–H groups in total. The number of hydrogen-bond acceptors (Lipinski definition) is 2. The minimum Gasteiger partial charge on any atom is -0.347 e. The third kappa shape index (κ3) is 2.82. The van der Waals surface area contributed by atoms with E-state index in [1.807, 2.05) is 0 Å². The van der Waals surface area contributed by atoms with Crippen molar-refractivity contribution < 1.29 is 9.18 Å². The summed E-state index contributed by atoms with van der Waals surface area (Å²) in [7, 11) is 0. The van der Waals surface area contributed by atoms with Crippen LogP contribution in [0.25, 0.3) is 0 Å². The Morgan fingerprint density at radius 1 is 1.41 bits per heavy atom. The van der Waals surface area contributed by atoms with Crippen LogP contribution >= 0.6 is 11.6 Å². The Morgan fingerprint density at radius 2 is 2.12 bits per heavy atom. The summed E-state index contributed by atoms with van der Waals surface area (Å²) in [5.74, 6) is -0.659. The van der Waals surface area contributed by atoms with Crippen LogP contribution in [0.3, 0.4) is 0 Å². The van der Waals surface area contributed by atoms with Crippen molar-refractivity contribution in [1.82, 2.24) is 15.5 Å². The maximum absolute atomic E-state index is 12.6. The molecule has 2 rings (SSSR count). The molecular formula is C11H9ClFN3O. The first-order valence-corrected chi connectivity index (χ1v) is 5.26. The van der Waals surface area contributed by atoms with Gasteiger partial charge in [-0.05, 0) is 17.7 Å². The van der Waals surface area contributed by atoms with Crippen LogP contribution in [0.2, 0.25) is 5.02 Å². The van der Waals surface area contributed by atoms with Crippen molar-refractivity contribution in [2.75, 3.05) is 0 Å². The number of carbonyl (C=O) groups excluding carboxylic acids is 1. The predicted molar refractivity (Wildman–Crippen MR) is 61.2 cm³/mol. The van der Waals surface area contributed by atoms with Gasteiger partial charge in [0.15, 0.2) is 0 Å². The Labute approximate surface area is 102 Å². The van der Waals surface area contributed by atoms with Gasteiger partial charge in [-0.3, -0.25) is 9.89 Å². The van der Waals surface area contributed by atoms with Crippen molar-refractivity contribution in [2.45, 2.75) is 6.54 Å². The summed E-state index contributed by atoms with van der Waals surface area (Å²) in [6.07, 6.45) is 1.36. The van der Waals surface area contributed by atoms with E-state index in [0.717, 1.165) is 5.56 Å². The zero-order valence-corrected chi connectivity index (χ0v) is 9.46. The first-order chi connectivity index (χ1) is 8.16. The fraction of sp³-hybridized carbons (Fsp3) is 0.0909. The summed E-state index contributed by atoms with van der Waals surface area (Å²) in [5, 5.41) is 9.05. The molecule has 0 aliphatic rings. The van der Waals surface area contributed by atoms with Gasteiger partial charge in [-0.1, -0.05) is 23.7 Å². The van der Waals surface area contributed by atoms with E-state index in [4.69, 9.17) is 11.6 Å². The van der Waals surface area contributed by atoms with Crippen LogP contribution in [-0.4, -0.2) is 16.1 Å². The highest BCUT2D eigenvalue weighted by Crippen LogP contribution is 2.11. The zero-order valence-electron chi connectivity index (χ0n) is 8.71. The van der Waals surface area contributed by atoms with Crippen LogP contribution < -0.4 is 5.32 Å². The fourth-order valence-corrected chi connectivity index (χ4v) is 1.48. The van der Waals surface area contributed by atoms with Crippen LogP contribution in [-0.2, 0) is 6.54 Å². The Kier molecular flexibility index (Phi) is 3.39. The number of rotatable bonds is 3. The molecule has 0 aliphatic carbocycles. The molecule has 1 amide bonds. The maximum Gasteiger partial charge on any atom is 0.271 e. The van der Waals surface area contributed by atoms with Gasteiger partial charge >= 0.3 is 0 Å². The molecule has 4 nitrogen and oxygen atoms in total. The lowest BCUT2D eigenvalue weighted by Gasteiger charge is -2.03. The molecule has 6 heteroatoms. The average Bonchev–Trinajstić information content (AvgIpc) is 2.74. The number of benzene rings is 1. The minimum atomic E-state index is -0.350. The average molecular weight is 254 g/mol. The van der Waals surface area contributed by atoms with Gasteiger partial charge < -0.3 is 5.32 Å². The Balaban J connectivity index is 1.97. The van der Waals surface area contributed by atoms with Crippen molar-refractivity contribution in [3.05, 3.63) is 52.6 Å². The molecule has 0 fully saturated rings. The highest BCUT2D eigenvalue weighted by Gasteiger charge is 2.11. The van der Waals surface area contributed by atoms with E-state index in [2.05, 4.69) is 15.5 Å². The van der Waals surface area contributed by atoms with Crippen molar-refractivity contribution in [3.63, 3.8) is 0 Å². The topological polar surface area (TPSA) is 57.8 Å². The molecule has 1 heterocycles. The number of halogens is 2. The quantitative estimate of drug-likeness (QED) is 0.880. The number of H-pyrrole nitrogens is 1. The number of nitrogens with zero attached hydrogens (tertiary/aromatic N) is 1. The van der Waals surface area contributed by atoms with E-state index < -0.39 is 0 Å². The third-order valence-corrected chi connectivity index (χ3v) is 2.47. The highest BCUT2D eigenvalue weighted by molar-refractivity contribution is 6.33. The van der Waals surface area contributed by atoms with Gasteiger partial charge in [0, 0.05) is 6.54 Å². The maximum atomic E-state index is 12.6. The summed E-state index contributed by atoms with van der Waals surface area (Å²) in [5.41, 5.74) is 1.02. The Bertz CT molecular complexity index is 524. The molecule has 1 aromatic heterocycles. The standard InChI is InChI=1S/C11H9ClFN3O/c12-9-6-15-16-10(9)11(17)14-5-7-1-3-8(13)4-2-7/h1-4,6H,5H2,(H,14,17)(H,15,16). The largest absolute Gasteiger partial charge is 0.347 e. The normalized spacial score (nSPS) is 10.2. The number of aromatic amines is 1. The van der Waals surface area contributed by atoms with Crippen molar-refractivity contribution in [3.8, 4) is 0 Å². The molecule has 17 heavy (non-hydrogen) atoms. The SMILES string of the molecule is O=C(NCc1ccc(F)cc1)c1[nH]ncc1Cl. The molecule has 88 valence electrons. The second kappa shape index (κ2) is 4.97. The molecule has 0 atom stereocenters. The lowest BCUT2D eigenvalue weighted by Crippen LogP contribution is -2.23. The number of hydrogen-bond donors (Lipinski definition) is 2. The summed E-state index contributed by atoms with van der Waals surface area (Å²) in [6.45, 7) is 0.300. The van der Waals surface area contributed by atoms with Gasteiger partial charge in [0.25, 0.3) is 5.91 Å². The number of nitrogens with one attached hydrogen (secondary N) is 2. The van der Waals surface area contributed by atoms with Crippen LogP contribution in [0.1, 0.15) is 16.1 Å². The molecule has 1 aromatic carbocycles. The van der Waals surface area contributed by atoms with Gasteiger partial charge in [-0.15, -0.1) is 0 Å². The predicted octanol–water partition coefficient (Wildman–Crippen LogP) is 2.13. The summed E-state index contributed by atoms with van der Waals surface area (Å²) in [4.78, 5) is 11.6. The monoisotopic (exact) mass is 253 g/mol. The van der Waals surface area contributed by atoms with E-state index in [9.17, 15) is 9.18 Å². The lowest BCUT2D eigenvalue weighted by molar-refractivity contribution is 0.0946. The first kappa shape index (κ1) is 11.6. The fourth-order valence-electron chi connectivity index (χ4n) is 1.30. The summed E-state index contributed by atoms with van der Waals surface area (Å²) >= 11 is 5.73. The van der Waals surface area contributed by atoms with Crippen molar-refractivity contribution >= 4 is 17.5 Å². The Morgan fingerprint density at radius 3 is 2.71 bits per heavy atom. The van der Waals surface area contributed by atoms with Crippen LogP contribution in [0.5, 0.6) is 0 Å². The van der Waals surface area contributed by atoms with Crippen molar-refractivity contribution in [1.29, 1.82) is 0 Å². The molecular weight excluding hydrogens is 245 g/mol. The zero-order chi connectivity index (χ0) is 12.3. The van der Waals surface area contributed by atoms with Gasteiger partial charge in [0.05, 0.1) is 11.2 Å². The summed E-state index contributed by atoms with van der Waals surface area (Å²) < 4.78 is 12.6. The van der Waals surface area contributed by atoms with Crippen LogP contribution in [0.4, 0.5) is 4.39 Å². The van der Waals surface area contributed by atoms with E-state index in [1.54, 1.807) is 12.1 Å². The number of aromatic nitrogens is 2. The molecule has 0 aliphatic heterocycles. The van der Waals surface area contributed by atoms with Gasteiger partial charge in [0.1, 0.15) is 11.5 Å². The minimum absolute atomic E-state index is 0.216. The number of amides is 1. The van der Waals surface area contributed by atoms with E-state index >= 15 is 0 Å². The van der Waals surface area contributed by atoms with Crippen LogP contribution in [0.15, 0.2) is 30.5 Å². The van der Waals surface area contributed by atoms with E-state index in [-0.39, 0.29) is 22.4 Å². The molecule has 0 saturated carbocycles. The smallest absolute Gasteiger partial charge is 0.271 e. The van der Waals surface area contributed by atoms with E-state index in [1.165, 1.54) is 18.3 Å². The van der Waals surface area contributed by atoms with Gasteiger partial charge in [0.2, 0.25) is 0 Å². The third-order valence-electron chi connectivity index (χ3n) is 2.19. The molecule has 0 radical (unpaired) electrons. The van der Waals surface area contributed by atoms with Gasteiger partial charge in [-0.25, -0.2) is 4.39 Å². The van der Waals surface area contributed by atoms with Gasteiger partial charge in [-0.2, -0.15) is 5.10 Å². The molecule has 0 spiro atoms. The summed E-state index contributed by atoms with van der Waals surface area (Å²) in [6, 6.07) is 5.88. The molecule has 0 saturated heterocycles. The molecule has 2 aromatic rings. The van der Waals surface area contributed by atoms with Crippen LogP contribution in [0, 0.1) is 5.82 Å². The van der Waals surface area contributed by atoms with E-state index in [0.29, 0.717) is 6.54 Å². The second-order valence-corrected chi connectivity index (χ2v) is 3.81. The second-order valence-electron chi connectivity index (χ2n) is 3.40. The molecule has 0 bridgehead atoms. The Hall–Kier alpha value is -1.88. The van der Waals surface area contributed by atoms with Crippen molar-refractivity contribution in [2.24, 2.45) is 0 Å². The number of carbonyl (C=O) groups is 1. The molecule has 0 unspecified atom stereocenters.